The van der Waals surface area contributed by atoms with Crippen LogP contribution in [0, 0.1) is 12.8 Å². The quantitative estimate of drug-likeness (QED) is 0.401. The molecule has 0 aliphatic carbocycles. The fourth-order valence-electron chi connectivity index (χ4n) is 4.02. The van der Waals surface area contributed by atoms with Crippen LogP contribution in [0.2, 0.25) is 10.0 Å². The van der Waals surface area contributed by atoms with Crippen LogP contribution in [0.25, 0.3) is 10.9 Å². The summed E-state index contributed by atoms with van der Waals surface area (Å²) in [5, 5.41) is 11.5. The number of hydrogen-bond acceptors (Lipinski definition) is 4. The molecule has 0 saturated heterocycles. The number of rotatable bonds is 6. The van der Waals surface area contributed by atoms with Gasteiger partial charge in [-0.15, -0.1) is 0 Å². The van der Waals surface area contributed by atoms with Crippen LogP contribution in [0.4, 0.5) is 0 Å². The third-order valence-electron chi connectivity index (χ3n) is 5.74. The third-order valence-corrected chi connectivity index (χ3v) is 6.47. The number of phenols is 1. The zero-order valence-corrected chi connectivity index (χ0v) is 20.3. The molecule has 0 radical (unpaired) electrons. The molecule has 1 aromatic heterocycles. The minimum absolute atomic E-state index is 0.0403. The molecule has 0 aliphatic rings. The predicted octanol–water partition coefficient (Wildman–Crippen LogP) is 6.73. The number of phenolic OH excluding ortho intramolecular Hbond substituents is 1. The van der Waals surface area contributed by atoms with Gasteiger partial charge in [0.2, 0.25) is 0 Å². The molecule has 170 valence electrons. The number of nitrogens with zero attached hydrogens (tertiary/aromatic N) is 1. The van der Waals surface area contributed by atoms with Crippen molar-refractivity contribution in [3.63, 3.8) is 0 Å². The molecule has 3 rings (SSSR count). The van der Waals surface area contributed by atoms with Crippen molar-refractivity contribution in [2.75, 3.05) is 0 Å². The number of carbonyl (C=O) groups excluding carboxylic acids is 2. The van der Waals surface area contributed by atoms with Gasteiger partial charge in [0.1, 0.15) is 5.75 Å². The zero-order chi connectivity index (χ0) is 23.7. The highest BCUT2D eigenvalue weighted by Gasteiger charge is 2.34. The largest absolute Gasteiger partial charge is 0.508 e. The highest BCUT2D eigenvalue weighted by atomic mass is 35.5. The standard InChI is InChI=1S/C25H27Cl2NO4/c1-6-14(4)22(25(31)32-13(2)3)23-15(5)28(21-10-8-17(29)12-18(21)23)24(30)16-7-9-19(26)20(27)11-16/h7-14,22,29H,6H2,1-5H3/t14-,22?/m0/s1. The van der Waals surface area contributed by atoms with E-state index in [-0.39, 0.29) is 34.7 Å². The fraction of sp³-hybridized carbons (Fsp3) is 0.360. The summed E-state index contributed by atoms with van der Waals surface area (Å²) in [5.74, 6) is -1.22. The van der Waals surface area contributed by atoms with Crippen LogP contribution in [0.1, 0.15) is 61.6 Å². The number of carbonyl (C=O) groups is 2. The molecule has 32 heavy (non-hydrogen) atoms. The molecule has 7 heteroatoms. The summed E-state index contributed by atoms with van der Waals surface area (Å²) in [6, 6.07) is 9.51. The van der Waals surface area contributed by atoms with Gasteiger partial charge in [0.25, 0.3) is 5.91 Å². The van der Waals surface area contributed by atoms with E-state index in [2.05, 4.69) is 0 Å². The number of fused-ring (bicyclic) bond motifs is 1. The van der Waals surface area contributed by atoms with Crippen LogP contribution in [0.15, 0.2) is 36.4 Å². The molecular weight excluding hydrogens is 449 g/mol. The maximum atomic E-state index is 13.5. The first-order valence-electron chi connectivity index (χ1n) is 10.6. The minimum Gasteiger partial charge on any atom is -0.508 e. The normalized spacial score (nSPS) is 13.4. The lowest BCUT2D eigenvalue weighted by Crippen LogP contribution is -2.25. The van der Waals surface area contributed by atoms with E-state index in [0.717, 1.165) is 6.42 Å². The molecule has 5 nitrogen and oxygen atoms in total. The second-order valence-corrected chi connectivity index (χ2v) is 9.13. The molecule has 1 N–H and O–H groups in total. The molecule has 0 bridgehead atoms. The Morgan fingerprint density at radius 2 is 1.75 bits per heavy atom. The summed E-state index contributed by atoms with van der Waals surface area (Å²) in [4.78, 5) is 26.7. The van der Waals surface area contributed by atoms with Crippen LogP contribution >= 0.6 is 23.2 Å². The predicted molar refractivity (Wildman–Crippen MR) is 128 cm³/mol. The van der Waals surface area contributed by atoms with Crippen LogP contribution in [0.3, 0.4) is 0 Å². The fourth-order valence-corrected chi connectivity index (χ4v) is 4.32. The molecule has 3 aromatic rings. The Labute approximate surface area is 197 Å². The average Bonchev–Trinajstić information content (AvgIpc) is 3.00. The number of aromatic nitrogens is 1. The van der Waals surface area contributed by atoms with E-state index in [0.29, 0.717) is 32.7 Å². The van der Waals surface area contributed by atoms with Crippen LogP contribution in [-0.2, 0) is 9.53 Å². The molecule has 0 fully saturated rings. The van der Waals surface area contributed by atoms with Crippen LogP contribution in [0.5, 0.6) is 5.75 Å². The van der Waals surface area contributed by atoms with Crippen molar-refractivity contribution >= 4 is 46.0 Å². The Bertz CT molecular complexity index is 1180. The van der Waals surface area contributed by atoms with Gasteiger partial charge in [-0.3, -0.25) is 14.2 Å². The summed E-state index contributed by atoms with van der Waals surface area (Å²) < 4.78 is 7.14. The van der Waals surface area contributed by atoms with Crippen molar-refractivity contribution in [2.24, 2.45) is 5.92 Å². The monoisotopic (exact) mass is 475 g/mol. The number of benzene rings is 2. The Balaban J connectivity index is 2.28. The molecule has 0 amide bonds. The van der Waals surface area contributed by atoms with Crippen molar-refractivity contribution in [3.05, 3.63) is 63.3 Å². The van der Waals surface area contributed by atoms with Gasteiger partial charge in [0.05, 0.1) is 27.6 Å². The average molecular weight is 476 g/mol. The van der Waals surface area contributed by atoms with E-state index in [9.17, 15) is 14.7 Å². The lowest BCUT2D eigenvalue weighted by Gasteiger charge is -2.23. The summed E-state index contributed by atoms with van der Waals surface area (Å²) in [5.41, 5.74) is 2.26. The van der Waals surface area contributed by atoms with E-state index >= 15 is 0 Å². The van der Waals surface area contributed by atoms with Gasteiger partial charge in [-0.2, -0.15) is 0 Å². The molecule has 1 heterocycles. The van der Waals surface area contributed by atoms with Crippen LogP contribution in [-0.4, -0.2) is 27.7 Å². The topological polar surface area (TPSA) is 68.5 Å². The van der Waals surface area contributed by atoms with Crippen molar-refractivity contribution in [1.29, 1.82) is 0 Å². The van der Waals surface area contributed by atoms with Gasteiger partial charge < -0.3 is 9.84 Å². The molecule has 2 aromatic carbocycles. The van der Waals surface area contributed by atoms with Gasteiger partial charge in [-0.25, -0.2) is 0 Å². The van der Waals surface area contributed by atoms with Gasteiger partial charge in [-0.05, 0) is 68.7 Å². The van der Waals surface area contributed by atoms with Gasteiger partial charge in [0.15, 0.2) is 0 Å². The molecule has 1 unspecified atom stereocenters. The van der Waals surface area contributed by atoms with Crippen molar-refractivity contribution in [3.8, 4) is 5.75 Å². The third kappa shape index (κ3) is 4.50. The lowest BCUT2D eigenvalue weighted by atomic mass is 9.84. The Morgan fingerprint density at radius 3 is 2.34 bits per heavy atom. The van der Waals surface area contributed by atoms with E-state index < -0.39 is 5.92 Å². The van der Waals surface area contributed by atoms with E-state index in [1.165, 1.54) is 12.1 Å². The Hall–Kier alpha value is -2.50. The van der Waals surface area contributed by atoms with E-state index in [4.69, 9.17) is 27.9 Å². The van der Waals surface area contributed by atoms with Gasteiger partial charge >= 0.3 is 5.97 Å². The van der Waals surface area contributed by atoms with E-state index in [1.54, 1.807) is 49.6 Å². The molecule has 0 saturated carbocycles. The lowest BCUT2D eigenvalue weighted by molar-refractivity contribution is -0.150. The summed E-state index contributed by atoms with van der Waals surface area (Å²) in [6.07, 6.45) is 0.470. The molecule has 2 atom stereocenters. The first-order chi connectivity index (χ1) is 15.1. The SMILES string of the molecule is CC[C@H](C)C(C(=O)OC(C)C)c1c(C)n(C(=O)c2ccc(Cl)c(Cl)c2)c2ccc(O)cc12. The molecule has 0 spiro atoms. The number of aromatic hydroxyl groups is 1. The highest BCUT2D eigenvalue weighted by molar-refractivity contribution is 6.42. The van der Waals surface area contributed by atoms with Crippen molar-refractivity contribution < 1.29 is 19.4 Å². The number of ether oxygens (including phenoxy) is 1. The van der Waals surface area contributed by atoms with Crippen molar-refractivity contribution in [2.45, 2.75) is 53.1 Å². The highest BCUT2D eigenvalue weighted by Crippen LogP contribution is 2.39. The first kappa shape index (κ1) is 24.1. The summed E-state index contributed by atoms with van der Waals surface area (Å²) in [7, 11) is 0. The molecule has 0 aliphatic heterocycles. The number of halogens is 2. The summed E-state index contributed by atoms with van der Waals surface area (Å²) in [6.45, 7) is 9.41. The zero-order valence-electron chi connectivity index (χ0n) is 18.8. The maximum absolute atomic E-state index is 13.5. The Morgan fingerprint density at radius 1 is 1.06 bits per heavy atom. The number of esters is 1. The van der Waals surface area contributed by atoms with Gasteiger partial charge in [-0.1, -0.05) is 43.5 Å². The van der Waals surface area contributed by atoms with Crippen LogP contribution < -0.4 is 0 Å². The van der Waals surface area contributed by atoms with Crippen molar-refractivity contribution in [1.82, 2.24) is 4.57 Å². The van der Waals surface area contributed by atoms with Gasteiger partial charge in [0, 0.05) is 16.6 Å². The second kappa shape index (κ2) is 9.55. The van der Waals surface area contributed by atoms with E-state index in [1.807, 2.05) is 13.8 Å². The smallest absolute Gasteiger partial charge is 0.314 e. The first-order valence-corrected chi connectivity index (χ1v) is 11.4. The number of hydrogen-bond donors (Lipinski definition) is 1. The second-order valence-electron chi connectivity index (χ2n) is 8.32. The Kier molecular flexibility index (Phi) is 7.21. The minimum atomic E-state index is -0.588. The maximum Gasteiger partial charge on any atom is 0.314 e. The summed E-state index contributed by atoms with van der Waals surface area (Å²) >= 11 is 12.2. The molecular formula is C25H27Cl2NO4.